The Labute approximate surface area is 99.1 Å². The predicted octanol–water partition coefficient (Wildman–Crippen LogP) is 4.35. The molecule has 0 aromatic heterocycles. The summed E-state index contributed by atoms with van der Waals surface area (Å²) < 4.78 is 0. The van der Waals surface area contributed by atoms with Crippen LogP contribution in [-0.4, -0.2) is 0 Å². The first kappa shape index (κ1) is 12.8. The van der Waals surface area contributed by atoms with Crippen molar-refractivity contribution < 1.29 is 0 Å². The Bertz CT molecular complexity index is 372. The van der Waals surface area contributed by atoms with Crippen LogP contribution in [0, 0.1) is 18.3 Å². The summed E-state index contributed by atoms with van der Waals surface area (Å²) in [6, 6.07) is 8.96. The average Bonchev–Trinajstić information content (AvgIpc) is 2.26. The topological polar surface area (TPSA) is 23.8 Å². The first-order valence-electron chi connectivity index (χ1n) is 6.11. The molecule has 1 heteroatoms. The lowest BCUT2D eigenvalue weighted by Gasteiger charge is -2.11. The Hall–Kier alpha value is -1.29. The number of benzene rings is 1. The van der Waals surface area contributed by atoms with Crippen LogP contribution in [0.25, 0.3) is 0 Å². The maximum atomic E-state index is 8.48. The van der Waals surface area contributed by atoms with E-state index in [1.807, 2.05) is 0 Å². The number of hydrogen-bond acceptors (Lipinski definition) is 1. The Morgan fingerprint density at radius 1 is 1.25 bits per heavy atom. The van der Waals surface area contributed by atoms with Crippen LogP contribution >= 0.6 is 0 Å². The molecule has 0 aliphatic heterocycles. The van der Waals surface area contributed by atoms with E-state index < -0.39 is 0 Å². The molecule has 0 heterocycles. The molecule has 0 fully saturated rings. The molecule has 1 aromatic rings. The highest BCUT2D eigenvalue weighted by atomic mass is 14.2. The lowest BCUT2D eigenvalue weighted by atomic mass is 9.95. The molecule has 1 aromatic carbocycles. The van der Waals surface area contributed by atoms with Gasteiger partial charge in [-0.05, 0) is 48.8 Å². The van der Waals surface area contributed by atoms with Crippen LogP contribution in [-0.2, 0) is 6.42 Å². The molecule has 0 radical (unpaired) electrons. The van der Waals surface area contributed by atoms with E-state index in [9.17, 15) is 0 Å². The summed E-state index contributed by atoms with van der Waals surface area (Å²) in [7, 11) is 0. The molecule has 0 N–H and O–H groups in total. The average molecular weight is 215 g/mol. The second-order valence-corrected chi connectivity index (χ2v) is 4.71. The summed E-state index contributed by atoms with van der Waals surface area (Å²) in [4.78, 5) is 0. The van der Waals surface area contributed by atoms with Crippen molar-refractivity contribution >= 4 is 0 Å². The van der Waals surface area contributed by atoms with Gasteiger partial charge in [-0.2, -0.15) is 5.26 Å². The third-order valence-corrected chi connectivity index (χ3v) is 3.02. The minimum Gasteiger partial charge on any atom is -0.198 e. The second kappa shape index (κ2) is 6.33. The molecule has 1 rings (SSSR count). The van der Waals surface area contributed by atoms with E-state index in [0.29, 0.717) is 12.3 Å². The molecule has 0 unspecified atom stereocenters. The van der Waals surface area contributed by atoms with E-state index in [-0.39, 0.29) is 0 Å². The highest BCUT2D eigenvalue weighted by Crippen LogP contribution is 2.20. The van der Waals surface area contributed by atoms with Gasteiger partial charge in [-0.1, -0.05) is 32.0 Å². The molecule has 0 bridgehead atoms. The molecule has 16 heavy (non-hydrogen) atoms. The summed E-state index contributed by atoms with van der Waals surface area (Å²) in [5.74, 6) is 0.596. The number of aryl methyl sites for hydroxylation is 2. The molecule has 86 valence electrons. The summed E-state index contributed by atoms with van der Waals surface area (Å²) >= 11 is 0. The van der Waals surface area contributed by atoms with Crippen molar-refractivity contribution in [1.29, 1.82) is 5.26 Å². The van der Waals surface area contributed by atoms with Gasteiger partial charge in [0.05, 0.1) is 6.07 Å². The molecule has 0 saturated carbocycles. The fraction of sp³-hybridized carbons (Fsp3) is 0.533. The number of rotatable bonds is 5. The number of nitriles is 1. The Balaban J connectivity index is 2.64. The van der Waals surface area contributed by atoms with Crippen LogP contribution in [0.15, 0.2) is 18.2 Å². The van der Waals surface area contributed by atoms with Crippen LogP contribution in [0.2, 0.25) is 0 Å². The van der Waals surface area contributed by atoms with Crippen LogP contribution in [0.5, 0.6) is 0 Å². The van der Waals surface area contributed by atoms with E-state index in [1.54, 1.807) is 0 Å². The molecular formula is C15H21N. The van der Waals surface area contributed by atoms with Gasteiger partial charge in [0.2, 0.25) is 0 Å². The van der Waals surface area contributed by atoms with E-state index >= 15 is 0 Å². The van der Waals surface area contributed by atoms with Gasteiger partial charge in [-0.15, -0.1) is 0 Å². The van der Waals surface area contributed by atoms with Crippen LogP contribution in [0.3, 0.4) is 0 Å². The van der Waals surface area contributed by atoms with Gasteiger partial charge in [0.1, 0.15) is 0 Å². The number of hydrogen-bond donors (Lipinski definition) is 0. The van der Waals surface area contributed by atoms with Gasteiger partial charge in [-0.25, -0.2) is 0 Å². The normalized spacial score (nSPS) is 10.4. The quantitative estimate of drug-likeness (QED) is 0.670. The van der Waals surface area contributed by atoms with Crippen molar-refractivity contribution in [3.05, 3.63) is 34.9 Å². The second-order valence-electron chi connectivity index (χ2n) is 4.71. The summed E-state index contributed by atoms with van der Waals surface area (Å²) in [5.41, 5.74) is 4.24. The van der Waals surface area contributed by atoms with E-state index in [0.717, 1.165) is 19.3 Å². The Morgan fingerprint density at radius 3 is 2.62 bits per heavy atom. The standard InChI is InChI=1S/C15H21N/c1-12(2)14-9-8-13(3)15(11-14)7-5-4-6-10-16/h8-9,11-12H,4-7H2,1-3H3. The molecule has 0 spiro atoms. The van der Waals surface area contributed by atoms with E-state index in [4.69, 9.17) is 5.26 Å². The van der Waals surface area contributed by atoms with Crippen molar-refractivity contribution in [1.82, 2.24) is 0 Å². The Morgan fingerprint density at radius 2 is 2.00 bits per heavy atom. The third-order valence-electron chi connectivity index (χ3n) is 3.02. The van der Waals surface area contributed by atoms with Crippen molar-refractivity contribution in [2.75, 3.05) is 0 Å². The molecule has 0 amide bonds. The highest BCUT2D eigenvalue weighted by molar-refractivity contribution is 5.32. The zero-order valence-corrected chi connectivity index (χ0v) is 10.6. The molecule has 0 atom stereocenters. The minimum atomic E-state index is 0.596. The summed E-state index contributed by atoms with van der Waals surface area (Å²) in [6.45, 7) is 6.62. The van der Waals surface area contributed by atoms with Gasteiger partial charge < -0.3 is 0 Å². The lowest BCUT2D eigenvalue weighted by molar-refractivity contribution is 0.747. The molecule has 0 saturated heterocycles. The van der Waals surface area contributed by atoms with Gasteiger partial charge in [-0.3, -0.25) is 0 Å². The van der Waals surface area contributed by atoms with Crippen LogP contribution in [0.4, 0.5) is 0 Å². The summed E-state index contributed by atoms with van der Waals surface area (Å²) in [6.07, 6.45) is 3.93. The van der Waals surface area contributed by atoms with Crippen molar-refractivity contribution in [2.45, 2.75) is 52.4 Å². The monoisotopic (exact) mass is 215 g/mol. The fourth-order valence-electron chi connectivity index (χ4n) is 1.84. The van der Waals surface area contributed by atoms with Crippen LogP contribution < -0.4 is 0 Å². The SMILES string of the molecule is Cc1ccc(C(C)C)cc1CCCCC#N. The fourth-order valence-corrected chi connectivity index (χ4v) is 1.84. The zero-order valence-electron chi connectivity index (χ0n) is 10.6. The van der Waals surface area contributed by atoms with Gasteiger partial charge in [0, 0.05) is 6.42 Å². The lowest BCUT2D eigenvalue weighted by Crippen LogP contribution is -1.94. The van der Waals surface area contributed by atoms with Gasteiger partial charge >= 0.3 is 0 Å². The first-order valence-corrected chi connectivity index (χ1v) is 6.11. The highest BCUT2D eigenvalue weighted by Gasteiger charge is 2.03. The van der Waals surface area contributed by atoms with E-state index in [1.165, 1.54) is 16.7 Å². The third kappa shape index (κ3) is 3.70. The molecule has 0 aliphatic rings. The van der Waals surface area contributed by atoms with Gasteiger partial charge in [0.25, 0.3) is 0 Å². The number of nitrogens with zero attached hydrogens (tertiary/aromatic N) is 1. The van der Waals surface area contributed by atoms with Crippen molar-refractivity contribution in [3.8, 4) is 6.07 Å². The first-order chi connectivity index (χ1) is 7.65. The maximum Gasteiger partial charge on any atom is 0.0621 e. The summed E-state index contributed by atoms with van der Waals surface area (Å²) in [5, 5.41) is 8.48. The van der Waals surface area contributed by atoms with Crippen molar-refractivity contribution in [2.24, 2.45) is 0 Å². The van der Waals surface area contributed by atoms with Gasteiger partial charge in [0.15, 0.2) is 0 Å². The predicted molar refractivity (Wildman–Crippen MR) is 68.4 cm³/mol. The number of unbranched alkanes of at least 4 members (excludes halogenated alkanes) is 2. The zero-order chi connectivity index (χ0) is 12.0. The molecule has 1 nitrogen and oxygen atoms in total. The minimum absolute atomic E-state index is 0.596. The van der Waals surface area contributed by atoms with E-state index in [2.05, 4.69) is 45.0 Å². The van der Waals surface area contributed by atoms with Crippen LogP contribution in [0.1, 0.15) is 55.7 Å². The molecule has 0 aliphatic carbocycles. The Kier molecular flexibility index (Phi) is 5.05. The maximum absolute atomic E-state index is 8.48. The largest absolute Gasteiger partial charge is 0.198 e. The molecular weight excluding hydrogens is 194 g/mol. The smallest absolute Gasteiger partial charge is 0.0621 e. The van der Waals surface area contributed by atoms with Crippen molar-refractivity contribution in [3.63, 3.8) is 0 Å².